The molecule has 0 aliphatic carbocycles. The van der Waals surface area contributed by atoms with E-state index in [9.17, 15) is 4.39 Å². The normalized spacial score (nSPS) is 9.81. The van der Waals surface area contributed by atoms with Crippen LogP contribution in [0.2, 0.25) is 5.15 Å². The summed E-state index contributed by atoms with van der Waals surface area (Å²) in [6.45, 7) is 0. The van der Waals surface area contributed by atoms with Gasteiger partial charge in [-0.15, -0.1) is 0 Å². The summed E-state index contributed by atoms with van der Waals surface area (Å²) in [6, 6.07) is 9.73. The lowest BCUT2D eigenvalue weighted by atomic mass is 10.0. The van der Waals surface area contributed by atoms with Crippen LogP contribution in [-0.4, -0.2) is 4.98 Å². The molecule has 0 amide bonds. The van der Waals surface area contributed by atoms with Gasteiger partial charge >= 0.3 is 0 Å². The summed E-state index contributed by atoms with van der Waals surface area (Å²) in [6.07, 6.45) is 1.45. The summed E-state index contributed by atoms with van der Waals surface area (Å²) in [5.74, 6) is -0.388. The van der Waals surface area contributed by atoms with Gasteiger partial charge in [-0.25, -0.2) is 9.37 Å². The highest BCUT2D eigenvalue weighted by atomic mass is 35.5. The minimum Gasteiger partial charge on any atom is -0.243 e. The summed E-state index contributed by atoms with van der Waals surface area (Å²) in [5.41, 5.74) is 0.998. The van der Waals surface area contributed by atoms with E-state index in [1.54, 1.807) is 24.3 Å². The van der Waals surface area contributed by atoms with E-state index in [2.05, 4.69) is 4.98 Å². The van der Waals surface area contributed by atoms with Crippen LogP contribution < -0.4 is 0 Å². The lowest BCUT2D eigenvalue weighted by Gasteiger charge is -2.05. The van der Waals surface area contributed by atoms with Gasteiger partial charge in [-0.05, 0) is 12.1 Å². The van der Waals surface area contributed by atoms with Gasteiger partial charge in [0.2, 0.25) is 0 Å². The molecule has 1 aromatic carbocycles. The molecule has 0 radical (unpaired) electrons. The van der Waals surface area contributed by atoms with E-state index in [4.69, 9.17) is 16.9 Å². The highest BCUT2D eigenvalue weighted by Gasteiger charge is 2.12. The zero-order chi connectivity index (χ0) is 11.5. The molecule has 78 valence electrons. The van der Waals surface area contributed by atoms with Gasteiger partial charge in [0.25, 0.3) is 0 Å². The minimum absolute atomic E-state index is 0.0863. The van der Waals surface area contributed by atoms with Crippen LogP contribution in [0.1, 0.15) is 5.56 Å². The quantitative estimate of drug-likeness (QED) is 0.707. The highest BCUT2D eigenvalue weighted by Crippen LogP contribution is 2.28. The van der Waals surface area contributed by atoms with Gasteiger partial charge in [-0.3, -0.25) is 0 Å². The van der Waals surface area contributed by atoms with E-state index in [1.807, 2.05) is 6.07 Å². The number of hydrogen-bond donors (Lipinski definition) is 0. The summed E-state index contributed by atoms with van der Waals surface area (Å²) in [7, 11) is 0. The number of pyridine rings is 1. The molecule has 1 heterocycles. The van der Waals surface area contributed by atoms with Gasteiger partial charge in [-0.1, -0.05) is 29.8 Å². The Labute approximate surface area is 96.9 Å². The number of benzene rings is 1. The second kappa shape index (κ2) is 4.30. The van der Waals surface area contributed by atoms with E-state index in [-0.39, 0.29) is 16.5 Å². The van der Waals surface area contributed by atoms with Crippen molar-refractivity contribution in [2.75, 3.05) is 0 Å². The second-order valence-electron chi connectivity index (χ2n) is 3.12. The average molecular weight is 233 g/mol. The number of nitrogens with zero attached hydrogens (tertiary/aromatic N) is 2. The summed E-state index contributed by atoms with van der Waals surface area (Å²) in [4.78, 5) is 3.79. The maximum atomic E-state index is 13.6. The Bertz CT molecular complexity index is 575. The number of hydrogen-bond acceptors (Lipinski definition) is 2. The molecule has 0 aliphatic heterocycles. The molecule has 2 rings (SSSR count). The molecule has 0 saturated carbocycles. The van der Waals surface area contributed by atoms with Crippen molar-refractivity contribution in [3.63, 3.8) is 0 Å². The molecule has 0 aliphatic rings. The van der Waals surface area contributed by atoms with E-state index < -0.39 is 0 Å². The molecule has 0 atom stereocenters. The molecular weight excluding hydrogens is 227 g/mol. The van der Waals surface area contributed by atoms with Gasteiger partial charge in [0, 0.05) is 17.3 Å². The van der Waals surface area contributed by atoms with Crippen molar-refractivity contribution < 1.29 is 4.39 Å². The Morgan fingerprint density at radius 2 is 1.94 bits per heavy atom. The summed E-state index contributed by atoms with van der Waals surface area (Å²) in [5, 5.41) is 9.04. The molecule has 0 bridgehead atoms. The molecule has 0 spiro atoms. The van der Waals surface area contributed by atoms with Crippen LogP contribution in [-0.2, 0) is 0 Å². The molecule has 16 heavy (non-hydrogen) atoms. The standard InChI is InChI=1S/C12H6ClFN2/c13-12-10(7-15)8(5-6-16-12)9-3-1-2-4-11(9)14/h1-6H. The zero-order valence-corrected chi connectivity index (χ0v) is 8.87. The number of rotatable bonds is 1. The van der Waals surface area contributed by atoms with E-state index >= 15 is 0 Å². The molecule has 2 nitrogen and oxygen atoms in total. The van der Waals surface area contributed by atoms with Crippen LogP contribution in [0.4, 0.5) is 4.39 Å². The van der Waals surface area contributed by atoms with Crippen molar-refractivity contribution in [3.8, 4) is 17.2 Å². The van der Waals surface area contributed by atoms with Crippen LogP contribution >= 0.6 is 11.6 Å². The third kappa shape index (κ3) is 1.75. The number of aromatic nitrogens is 1. The van der Waals surface area contributed by atoms with Crippen LogP contribution in [0.3, 0.4) is 0 Å². The SMILES string of the molecule is N#Cc1c(-c2ccccc2F)ccnc1Cl. The third-order valence-electron chi connectivity index (χ3n) is 2.18. The molecule has 0 saturated heterocycles. The van der Waals surface area contributed by atoms with Gasteiger partial charge in [0.05, 0.1) is 5.56 Å². The molecule has 0 unspecified atom stereocenters. The van der Waals surface area contributed by atoms with E-state index in [0.29, 0.717) is 11.1 Å². The fraction of sp³-hybridized carbons (Fsp3) is 0. The molecule has 2 aromatic rings. The Morgan fingerprint density at radius 3 is 2.62 bits per heavy atom. The topological polar surface area (TPSA) is 36.7 Å². The van der Waals surface area contributed by atoms with Crippen molar-refractivity contribution in [1.29, 1.82) is 5.26 Å². The predicted octanol–water partition coefficient (Wildman–Crippen LogP) is 3.41. The summed E-state index contributed by atoms with van der Waals surface area (Å²) < 4.78 is 13.6. The first-order valence-corrected chi connectivity index (χ1v) is 4.91. The summed E-state index contributed by atoms with van der Waals surface area (Å²) >= 11 is 5.78. The number of nitriles is 1. The molecule has 1 aromatic heterocycles. The first kappa shape index (κ1) is 10.6. The van der Waals surface area contributed by atoms with Crippen molar-refractivity contribution in [2.24, 2.45) is 0 Å². The van der Waals surface area contributed by atoms with Crippen molar-refractivity contribution in [1.82, 2.24) is 4.98 Å². The van der Waals surface area contributed by atoms with Gasteiger partial charge in [0.1, 0.15) is 17.0 Å². The number of halogens is 2. The van der Waals surface area contributed by atoms with Crippen molar-refractivity contribution >= 4 is 11.6 Å². The minimum atomic E-state index is -0.388. The van der Waals surface area contributed by atoms with Crippen molar-refractivity contribution in [3.05, 3.63) is 53.1 Å². The molecule has 0 fully saturated rings. The molecular formula is C12H6ClFN2. The van der Waals surface area contributed by atoms with Gasteiger partial charge in [0.15, 0.2) is 0 Å². The van der Waals surface area contributed by atoms with Gasteiger partial charge < -0.3 is 0 Å². The van der Waals surface area contributed by atoms with Crippen molar-refractivity contribution in [2.45, 2.75) is 0 Å². The smallest absolute Gasteiger partial charge is 0.147 e. The first-order valence-electron chi connectivity index (χ1n) is 4.53. The Kier molecular flexibility index (Phi) is 2.84. The van der Waals surface area contributed by atoms with Gasteiger partial charge in [-0.2, -0.15) is 5.26 Å². The lowest BCUT2D eigenvalue weighted by Crippen LogP contribution is -1.90. The van der Waals surface area contributed by atoms with E-state index in [1.165, 1.54) is 12.3 Å². The second-order valence-corrected chi connectivity index (χ2v) is 3.47. The average Bonchev–Trinajstić information content (AvgIpc) is 2.29. The Hall–Kier alpha value is -1.92. The Morgan fingerprint density at radius 1 is 1.19 bits per heavy atom. The fourth-order valence-corrected chi connectivity index (χ4v) is 1.65. The predicted molar refractivity (Wildman–Crippen MR) is 59.4 cm³/mol. The largest absolute Gasteiger partial charge is 0.243 e. The maximum absolute atomic E-state index is 13.6. The lowest BCUT2D eigenvalue weighted by molar-refractivity contribution is 0.631. The molecule has 4 heteroatoms. The van der Waals surface area contributed by atoms with E-state index in [0.717, 1.165) is 0 Å². The monoisotopic (exact) mass is 232 g/mol. The van der Waals surface area contributed by atoms with Crippen LogP contribution in [0.15, 0.2) is 36.5 Å². The zero-order valence-electron chi connectivity index (χ0n) is 8.11. The third-order valence-corrected chi connectivity index (χ3v) is 2.47. The van der Waals surface area contributed by atoms with Crippen LogP contribution in [0.5, 0.6) is 0 Å². The first-order chi connectivity index (χ1) is 7.74. The van der Waals surface area contributed by atoms with Crippen LogP contribution in [0.25, 0.3) is 11.1 Å². The maximum Gasteiger partial charge on any atom is 0.147 e. The molecule has 0 N–H and O–H groups in total. The highest BCUT2D eigenvalue weighted by molar-refractivity contribution is 6.30. The Balaban J connectivity index is 2.71. The fourth-order valence-electron chi connectivity index (χ4n) is 1.45. The van der Waals surface area contributed by atoms with Crippen LogP contribution in [0, 0.1) is 17.1 Å².